The molecule has 2 heterocycles. The highest BCUT2D eigenvalue weighted by atomic mass is 19.3. The summed E-state index contributed by atoms with van der Waals surface area (Å²) in [6, 6.07) is 12.0. The number of amides is 1. The maximum absolute atomic E-state index is 15.4. The second-order valence-electron chi connectivity index (χ2n) is 9.17. The first-order valence-electron chi connectivity index (χ1n) is 11.7. The van der Waals surface area contributed by atoms with E-state index in [9.17, 15) is 4.79 Å². The summed E-state index contributed by atoms with van der Waals surface area (Å²) in [5, 5.41) is 0. The van der Waals surface area contributed by atoms with Gasteiger partial charge < -0.3 is 14.2 Å². The monoisotopic (exact) mass is 453 g/mol. The molecule has 0 N–H and O–H groups in total. The SMILES string of the molecule is COC(=O)N1CCc2ccc3c(nc(C4CCCCC4)n3CC(F)(F)c3ccccc3)c2C1. The minimum Gasteiger partial charge on any atom is -0.453 e. The molecule has 7 heteroatoms. The highest BCUT2D eigenvalue weighted by Crippen LogP contribution is 2.39. The third-order valence-corrected chi connectivity index (χ3v) is 7.11. The quantitative estimate of drug-likeness (QED) is 0.487. The molecule has 33 heavy (non-hydrogen) atoms. The molecule has 1 amide bonds. The summed E-state index contributed by atoms with van der Waals surface area (Å²) in [6.07, 6.45) is 5.63. The van der Waals surface area contributed by atoms with Crippen molar-refractivity contribution in [2.75, 3.05) is 13.7 Å². The molecule has 1 aliphatic carbocycles. The predicted molar refractivity (Wildman–Crippen MR) is 122 cm³/mol. The normalized spacial score (nSPS) is 17.2. The van der Waals surface area contributed by atoms with Crippen LogP contribution in [-0.2, 0) is 30.2 Å². The number of hydrogen-bond donors (Lipinski definition) is 0. The minimum atomic E-state index is -3.02. The number of fused-ring (bicyclic) bond motifs is 3. The minimum absolute atomic E-state index is 0.0104. The van der Waals surface area contributed by atoms with Crippen LogP contribution in [0.15, 0.2) is 42.5 Å². The maximum Gasteiger partial charge on any atom is 0.409 e. The number of ether oxygens (including phenoxy) is 1. The zero-order valence-corrected chi connectivity index (χ0v) is 18.9. The van der Waals surface area contributed by atoms with E-state index >= 15 is 8.78 Å². The zero-order valence-electron chi connectivity index (χ0n) is 18.9. The topological polar surface area (TPSA) is 47.4 Å². The Balaban J connectivity index is 1.61. The fourth-order valence-corrected chi connectivity index (χ4v) is 5.34. The molecule has 0 unspecified atom stereocenters. The molecule has 5 rings (SSSR count). The van der Waals surface area contributed by atoms with Crippen LogP contribution in [0.1, 0.15) is 60.5 Å². The first-order valence-corrected chi connectivity index (χ1v) is 11.7. The number of nitrogens with zero attached hydrogens (tertiary/aromatic N) is 3. The lowest BCUT2D eigenvalue weighted by Crippen LogP contribution is -2.35. The molecule has 2 aromatic carbocycles. The summed E-state index contributed by atoms with van der Waals surface area (Å²) in [4.78, 5) is 18.8. The summed E-state index contributed by atoms with van der Waals surface area (Å²) in [5.41, 5.74) is 3.54. The summed E-state index contributed by atoms with van der Waals surface area (Å²) >= 11 is 0. The van der Waals surface area contributed by atoms with Crippen molar-refractivity contribution in [2.45, 2.75) is 63.5 Å². The van der Waals surface area contributed by atoms with Crippen LogP contribution in [0.4, 0.5) is 13.6 Å². The Hall–Kier alpha value is -2.96. The van der Waals surface area contributed by atoms with E-state index in [0.29, 0.717) is 19.5 Å². The highest BCUT2D eigenvalue weighted by molar-refractivity contribution is 5.82. The number of aromatic nitrogens is 2. The van der Waals surface area contributed by atoms with Gasteiger partial charge in [0.15, 0.2) is 0 Å². The Morgan fingerprint density at radius 3 is 2.61 bits per heavy atom. The Morgan fingerprint density at radius 1 is 1.12 bits per heavy atom. The molecule has 5 nitrogen and oxygen atoms in total. The molecule has 0 saturated heterocycles. The molecular formula is C26H29F2N3O2. The Kier molecular flexibility index (Phi) is 5.81. The van der Waals surface area contributed by atoms with Crippen molar-refractivity contribution in [1.82, 2.24) is 14.5 Å². The summed E-state index contributed by atoms with van der Waals surface area (Å²) < 4.78 is 37.5. The molecule has 1 fully saturated rings. The fraction of sp³-hybridized carbons (Fsp3) is 0.462. The number of alkyl halides is 2. The van der Waals surface area contributed by atoms with Gasteiger partial charge in [0.2, 0.25) is 0 Å². The van der Waals surface area contributed by atoms with Gasteiger partial charge in [-0.2, -0.15) is 8.78 Å². The van der Waals surface area contributed by atoms with E-state index in [2.05, 4.69) is 0 Å². The summed E-state index contributed by atoms with van der Waals surface area (Å²) in [7, 11) is 1.38. The molecule has 1 saturated carbocycles. The molecular weight excluding hydrogens is 424 g/mol. The number of benzene rings is 2. The molecule has 0 bridgehead atoms. The molecule has 3 aromatic rings. The van der Waals surface area contributed by atoms with Crippen molar-refractivity contribution < 1.29 is 18.3 Å². The van der Waals surface area contributed by atoms with Gasteiger partial charge in [-0.3, -0.25) is 0 Å². The second kappa shape index (κ2) is 8.76. The highest BCUT2D eigenvalue weighted by Gasteiger charge is 2.36. The van der Waals surface area contributed by atoms with E-state index in [-0.39, 0.29) is 17.6 Å². The first-order chi connectivity index (χ1) is 16.0. The third-order valence-electron chi connectivity index (χ3n) is 7.11. The van der Waals surface area contributed by atoms with E-state index in [1.807, 2.05) is 12.1 Å². The molecule has 0 atom stereocenters. The van der Waals surface area contributed by atoms with Crippen molar-refractivity contribution in [2.24, 2.45) is 0 Å². The second-order valence-corrected chi connectivity index (χ2v) is 9.17. The van der Waals surface area contributed by atoms with Crippen LogP contribution in [0.25, 0.3) is 11.0 Å². The summed E-state index contributed by atoms with van der Waals surface area (Å²) in [5.74, 6) is -2.09. The van der Waals surface area contributed by atoms with Crippen molar-refractivity contribution in [3.05, 3.63) is 65.0 Å². The number of imidazole rings is 1. The number of methoxy groups -OCH3 is 1. The Bertz CT molecular complexity index is 1150. The van der Waals surface area contributed by atoms with Crippen LogP contribution in [0, 0.1) is 0 Å². The number of rotatable bonds is 4. The third kappa shape index (κ3) is 4.09. The molecule has 0 spiro atoms. The smallest absolute Gasteiger partial charge is 0.409 e. The van der Waals surface area contributed by atoms with E-state index in [1.165, 1.54) is 25.7 Å². The summed E-state index contributed by atoms with van der Waals surface area (Å²) in [6.45, 7) is 0.516. The van der Waals surface area contributed by atoms with Crippen LogP contribution < -0.4 is 0 Å². The number of carbonyl (C=O) groups excluding carboxylic acids is 1. The molecule has 1 aromatic heterocycles. The Morgan fingerprint density at radius 2 is 1.88 bits per heavy atom. The van der Waals surface area contributed by atoms with Crippen molar-refractivity contribution >= 4 is 17.1 Å². The standard InChI is InChI=1S/C26H29F2N3O2/c1-33-25(32)30-15-14-18-12-13-22-23(21(18)16-30)29-24(19-8-4-2-5-9-19)31(22)17-26(27,28)20-10-6-3-7-11-20/h3,6-7,10-13,19H,2,4-5,8-9,14-17H2,1H3. The number of hydrogen-bond acceptors (Lipinski definition) is 3. The lowest BCUT2D eigenvalue weighted by atomic mass is 9.88. The number of carbonyl (C=O) groups is 1. The zero-order chi connectivity index (χ0) is 23.0. The van der Waals surface area contributed by atoms with Crippen LogP contribution in [0.5, 0.6) is 0 Å². The maximum atomic E-state index is 15.4. The van der Waals surface area contributed by atoms with Gasteiger partial charge in [-0.15, -0.1) is 0 Å². The van der Waals surface area contributed by atoms with Crippen molar-refractivity contribution in [3.8, 4) is 0 Å². The van der Waals surface area contributed by atoms with Gasteiger partial charge >= 0.3 is 6.09 Å². The average Bonchev–Trinajstić information content (AvgIpc) is 3.22. The van der Waals surface area contributed by atoms with Crippen molar-refractivity contribution in [3.63, 3.8) is 0 Å². The van der Waals surface area contributed by atoms with Crippen LogP contribution >= 0.6 is 0 Å². The first kappa shape index (κ1) is 21.9. The average molecular weight is 454 g/mol. The van der Waals surface area contributed by atoms with Gasteiger partial charge in [-0.05, 0) is 30.9 Å². The predicted octanol–water partition coefficient (Wildman–Crippen LogP) is 6.00. The van der Waals surface area contributed by atoms with Gasteiger partial charge in [0.25, 0.3) is 5.92 Å². The van der Waals surface area contributed by atoms with E-state index < -0.39 is 12.5 Å². The molecule has 174 valence electrons. The molecule has 1 aliphatic heterocycles. The van der Waals surface area contributed by atoms with Gasteiger partial charge in [0.1, 0.15) is 5.82 Å². The fourth-order valence-electron chi connectivity index (χ4n) is 5.34. The van der Waals surface area contributed by atoms with Crippen LogP contribution in [0.2, 0.25) is 0 Å². The van der Waals surface area contributed by atoms with Gasteiger partial charge in [-0.1, -0.05) is 55.7 Å². The van der Waals surface area contributed by atoms with Crippen molar-refractivity contribution in [1.29, 1.82) is 0 Å². The number of halogens is 2. The lowest BCUT2D eigenvalue weighted by Gasteiger charge is -2.28. The lowest BCUT2D eigenvalue weighted by molar-refractivity contribution is -0.0222. The van der Waals surface area contributed by atoms with Gasteiger partial charge in [0.05, 0.1) is 31.2 Å². The van der Waals surface area contributed by atoms with Gasteiger partial charge in [0, 0.05) is 23.6 Å². The van der Waals surface area contributed by atoms with E-state index in [4.69, 9.17) is 9.72 Å². The van der Waals surface area contributed by atoms with Crippen LogP contribution in [0.3, 0.4) is 0 Å². The largest absolute Gasteiger partial charge is 0.453 e. The van der Waals surface area contributed by atoms with Gasteiger partial charge in [-0.25, -0.2) is 9.78 Å². The molecule has 2 aliphatic rings. The molecule has 0 radical (unpaired) electrons. The van der Waals surface area contributed by atoms with E-state index in [0.717, 1.165) is 53.7 Å². The van der Waals surface area contributed by atoms with Crippen LogP contribution in [-0.4, -0.2) is 34.2 Å². The Labute approximate surface area is 192 Å². The van der Waals surface area contributed by atoms with E-state index in [1.54, 1.807) is 27.7 Å².